The van der Waals surface area contributed by atoms with Gasteiger partial charge in [0.1, 0.15) is 12.4 Å². The molecular weight excluding hydrogens is 214 g/mol. The average Bonchev–Trinajstić information content (AvgIpc) is 2.31. The van der Waals surface area contributed by atoms with E-state index >= 15 is 0 Å². The van der Waals surface area contributed by atoms with Crippen LogP contribution in [-0.2, 0) is 4.74 Å². The van der Waals surface area contributed by atoms with E-state index in [1.807, 2.05) is 6.07 Å². The summed E-state index contributed by atoms with van der Waals surface area (Å²) >= 11 is 0. The maximum Gasteiger partial charge on any atom is 0.119 e. The van der Waals surface area contributed by atoms with Crippen LogP contribution in [0.2, 0.25) is 0 Å². The molecule has 3 nitrogen and oxygen atoms in total. The second kappa shape index (κ2) is 5.52. The Hall–Kier alpha value is -1.06. The highest BCUT2D eigenvalue weighted by atomic mass is 16.5. The van der Waals surface area contributed by atoms with Crippen molar-refractivity contribution in [2.24, 2.45) is 0 Å². The Kier molecular flexibility index (Phi) is 4.02. The van der Waals surface area contributed by atoms with Gasteiger partial charge in [0.2, 0.25) is 0 Å². The van der Waals surface area contributed by atoms with Gasteiger partial charge in [-0.05, 0) is 44.0 Å². The summed E-state index contributed by atoms with van der Waals surface area (Å²) in [5.41, 5.74) is 2.56. The first-order valence-corrected chi connectivity index (χ1v) is 6.19. The molecule has 1 aromatic carbocycles. The van der Waals surface area contributed by atoms with Gasteiger partial charge in [0.25, 0.3) is 0 Å². The first-order valence-electron chi connectivity index (χ1n) is 6.19. The average molecular weight is 235 g/mol. The highest BCUT2D eigenvalue weighted by molar-refractivity contribution is 5.33. The fourth-order valence-corrected chi connectivity index (χ4v) is 1.98. The zero-order chi connectivity index (χ0) is 12.3. The van der Waals surface area contributed by atoms with Crippen LogP contribution < -0.4 is 10.1 Å². The molecule has 1 heterocycles. The molecule has 3 heteroatoms. The van der Waals surface area contributed by atoms with E-state index in [0.717, 1.165) is 19.0 Å². The van der Waals surface area contributed by atoms with Gasteiger partial charge < -0.3 is 14.8 Å². The number of ether oxygens (including phenoxy) is 2. The number of aryl methyl sites for hydroxylation is 2. The van der Waals surface area contributed by atoms with Crippen molar-refractivity contribution in [3.8, 4) is 5.75 Å². The SMILES string of the molecule is Cc1ccc(OCC2COCC(C)N2)cc1C. The lowest BCUT2D eigenvalue weighted by molar-refractivity contribution is 0.0353. The van der Waals surface area contributed by atoms with Crippen LogP contribution in [0.3, 0.4) is 0 Å². The van der Waals surface area contributed by atoms with Crippen molar-refractivity contribution < 1.29 is 9.47 Å². The molecule has 1 saturated heterocycles. The predicted molar refractivity (Wildman–Crippen MR) is 68.6 cm³/mol. The van der Waals surface area contributed by atoms with Crippen LogP contribution in [-0.4, -0.2) is 31.9 Å². The minimum absolute atomic E-state index is 0.292. The molecule has 0 radical (unpaired) electrons. The lowest BCUT2D eigenvalue weighted by atomic mass is 10.1. The molecular formula is C14H21NO2. The van der Waals surface area contributed by atoms with E-state index in [1.165, 1.54) is 11.1 Å². The topological polar surface area (TPSA) is 30.5 Å². The van der Waals surface area contributed by atoms with Gasteiger partial charge in [0.15, 0.2) is 0 Å². The van der Waals surface area contributed by atoms with Crippen LogP contribution in [0.5, 0.6) is 5.75 Å². The van der Waals surface area contributed by atoms with Crippen LogP contribution in [0.1, 0.15) is 18.1 Å². The Morgan fingerprint density at radius 2 is 2.12 bits per heavy atom. The molecule has 0 spiro atoms. The van der Waals surface area contributed by atoms with Gasteiger partial charge in [-0.25, -0.2) is 0 Å². The smallest absolute Gasteiger partial charge is 0.119 e. The predicted octanol–water partition coefficient (Wildman–Crippen LogP) is 2.06. The van der Waals surface area contributed by atoms with Crippen LogP contribution in [0.25, 0.3) is 0 Å². The Morgan fingerprint density at radius 3 is 2.82 bits per heavy atom. The molecule has 0 aliphatic carbocycles. The van der Waals surface area contributed by atoms with Crippen molar-refractivity contribution in [1.29, 1.82) is 0 Å². The third-order valence-electron chi connectivity index (χ3n) is 3.14. The fourth-order valence-electron chi connectivity index (χ4n) is 1.98. The second-order valence-electron chi connectivity index (χ2n) is 4.86. The Labute approximate surface area is 103 Å². The van der Waals surface area contributed by atoms with E-state index in [4.69, 9.17) is 9.47 Å². The molecule has 2 rings (SSSR count). The first kappa shape index (κ1) is 12.4. The van der Waals surface area contributed by atoms with Gasteiger partial charge in [-0.3, -0.25) is 0 Å². The van der Waals surface area contributed by atoms with Crippen molar-refractivity contribution >= 4 is 0 Å². The highest BCUT2D eigenvalue weighted by Crippen LogP contribution is 2.16. The molecule has 0 amide bonds. The number of benzene rings is 1. The molecule has 1 aliphatic rings. The first-order chi connectivity index (χ1) is 8.15. The van der Waals surface area contributed by atoms with E-state index < -0.39 is 0 Å². The quantitative estimate of drug-likeness (QED) is 0.870. The number of hydrogen-bond acceptors (Lipinski definition) is 3. The van der Waals surface area contributed by atoms with E-state index in [9.17, 15) is 0 Å². The molecule has 0 saturated carbocycles. The third-order valence-corrected chi connectivity index (χ3v) is 3.14. The molecule has 0 bridgehead atoms. The summed E-state index contributed by atoms with van der Waals surface area (Å²) in [5.74, 6) is 0.938. The summed E-state index contributed by atoms with van der Waals surface area (Å²) < 4.78 is 11.3. The van der Waals surface area contributed by atoms with Crippen molar-refractivity contribution in [2.45, 2.75) is 32.9 Å². The van der Waals surface area contributed by atoms with E-state index in [2.05, 4.69) is 38.2 Å². The number of morpholine rings is 1. The highest BCUT2D eigenvalue weighted by Gasteiger charge is 2.18. The Bertz CT molecular complexity index is 378. The summed E-state index contributed by atoms with van der Waals surface area (Å²) in [7, 11) is 0. The molecule has 2 atom stereocenters. The fraction of sp³-hybridized carbons (Fsp3) is 0.571. The molecule has 17 heavy (non-hydrogen) atoms. The van der Waals surface area contributed by atoms with Crippen molar-refractivity contribution in [3.05, 3.63) is 29.3 Å². The van der Waals surface area contributed by atoms with Crippen LogP contribution >= 0.6 is 0 Å². The molecule has 2 unspecified atom stereocenters. The van der Waals surface area contributed by atoms with Gasteiger partial charge in [0, 0.05) is 6.04 Å². The maximum absolute atomic E-state index is 5.79. The monoisotopic (exact) mass is 235 g/mol. The van der Waals surface area contributed by atoms with E-state index in [-0.39, 0.29) is 0 Å². The van der Waals surface area contributed by atoms with Gasteiger partial charge in [-0.1, -0.05) is 6.07 Å². The lowest BCUT2D eigenvalue weighted by Gasteiger charge is -2.28. The van der Waals surface area contributed by atoms with E-state index in [0.29, 0.717) is 18.7 Å². The number of nitrogens with one attached hydrogen (secondary N) is 1. The van der Waals surface area contributed by atoms with E-state index in [1.54, 1.807) is 0 Å². The standard InChI is InChI=1S/C14H21NO2/c1-10-4-5-14(6-11(10)2)17-9-13-8-16-7-12(3)15-13/h4-6,12-13,15H,7-9H2,1-3H3. The zero-order valence-electron chi connectivity index (χ0n) is 10.8. The van der Waals surface area contributed by atoms with Crippen molar-refractivity contribution in [1.82, 2.24) is 5.32 Å². The Morgan fingerprint density at radius 1 is 1.29 bits per heavy atom. The van der Waals surface area contributed by atoms with Crippen molar-refractivity contribution in [2.75, 3.05) is 19.8 Å². The molecule has 0 aromatic heterocycles. The largest absolute Gasteiger partial charge is 0.492 e. The van der Waals surface area contributed by atoms with Crippen LogP contribution in [0.4, 0.5) is 0 Å². The van der Waals surface area contributed by atoms with Crippen molar-refractivity contribution in [3.63, 3.8) is 0 Å². The second-order valence-corrected chi connectivity index (χ2v) is 4.86. The summed E-state index contributed by atoms with van der Waals surface area (Å²) in [5, 5.41) is 3.46. The van der Waals surface area contributed by atoms with Crippen LogP contribution in [0, 0.1) is 13.8 Å². The minimum atomic E-state index is 0.292. The normalized spacial score (nSPS) is 24.6. The summed E-state index contributed by atoms with van der Waals surface area (Å²) in [4.78, 5) is 0. The van der Waals surface area contributed by atoms with Crippen LogP contribution in [0.15, 0.2) is 18.2 Å². The lowest BCUT2D eigenvalue weighted by Crippen LogP contribution is -2.50. The summed E-state index contributed by atoms with van der Waals surface area (Å²) in [6, 6.07) is 6.91. The molecule has 1 aliphatic heterocycles. The van der Waals surface area contributed by atoms with Gasteiger partial charge in [0.05, 0.1) is 19.3 Å². The third kappa shape index (κ3) is 3.45. The maximum atomic E-state index is 5.79. The molecule has 1 fully saturated rings. The molecule has 94 valence electrons. The molecule has 1 aromatic rings. The summed E-state index contributed by atoms with van der Waals surface area (Å²) in [6.07, 6.45) is 0. The number of hydrogen-bond donors (Lipinski definition) is 1. The van der Waals surface area contributed by atoms with Gasteiger partial charge in [-0.15, -0.1) is 0 Å². The van der Waals surface area contributed by atoms with Gasteiger partial charge >= 0.3 is 0 Å². The molecule has 1 N–H and O–H groups in total. The zero-order valence-corrected chi connectivity index (χ0v) is 10.8. The Balaban J connectivity index is 1.86. The van der Waals surface area contributed by atoms with Gasteiger partial charge in [-0.2, -0.15) is 0 Å². The minimum Gasteiger partial charge on any atom is -0.492 e. The number of rotatable bonds is 3. The summed E-state index contributed by atoms with van der Waals surface area (Å²) in [6.45, 7) is 8.52.